The van der Waals surface area contributed by atoms with Gasteiger partial charge in [0.1, 0.15) is 0 Å². The normalized spacial score (nSPS) is 30.0. The van der Waals surface area contributed by atoms with Crippen molar-refractivity contribution in [2.24, 2.45) is 5.92 Å². The zero-order valence-electron chi connectivity index (χ0n) is 5.33. The van der Waals surface area contributed by atoms with Crippen LogP contribution >= 0.6 is 12.6 Å². The molecule has 0 saturated carbocycles. The Morgan fingerprint density at radius 2 is 2.56 bits per heavy atom. The van der Waals surface area contributed by atoms with E-state index < -0.39 is 0 Å². The van der Waals surface area contributed by atoms with Gasteiger partial charge >= 0.3 is 5.97 Å². The molecular weight excluding hydrogens is 136 g/mol. The van der Waals surface area contributed by atoms with Crippen LogP contribution in [-0.4, -0.2) is 17.8 Å². The summed E-state index contributed by atoms with van der Waals surface area (Å²) in [7, 11) is 0. The molecule has 52 valence electrons. The van der Waals surface area contributed by atoms with Crippen molar-refractivity contribution in [3.8, 4) is 0 Å². The van der Waals surface area contributed by atoms with Crippen LogP contribution in [0.1, 0.15) is 13.3 Å². The molecule has 1 fully saturated rings. The van der Waals surface area contributed by atoms with Gasteiger partial charge in [0.15, 0.2) is 0 Å². The van der Waals surface area contributed by atoms with Gasteiger partial charge in [-0.2, -0.15) is 12.6 Å². The van der Waals surface area contributed by atoms with E-state index in [1.807, 2.05) is 6.92 Å². The third kappa shape index (κ3) is 1.61. The Hall–Kier alpha value is -0.180. The van der Waals surface area contributed by atoms with Crippen molar-refractivity contribution in [1.82, 2.24) is 0 Å². The Balaban J connectivity index is 2.39. The average molecular weight is 146 g/mol. The molecule has 2 unspecified atom stereocenters. The van der Waals surface area contributed by atoms with Gasteiger partial charge in [-0.15, -0.1) is 0 Å². The zero-order valence-corrected chi connectivity index (χ0v) is 6.23. The molecule has 0 N–H and O–H groups in total. The fraction of sp³-hybridized carbons (Fsp3) is 0.833. The first-order chi connectivity index (χ1) is 4.20. The van der Waals surface area contributed by atoms with Crippen LogP contribution in [-0.2, 0) is 9.53 Å². The highest BCUT2D eigenvalue weighted by atomic mass is 32.1. The maximum Gasteiger partial charge on any atom is 0.306 e. The van der Waals surface area contributed by atoms with Crippen LogP contribution in [0.15, 0.2) is 0 Å². The lowest BCUT2D eigenvalue weighted by atomic mass is 10.1. The molecule has 1 heterocycles. The first-order valence-electron chi connectivity index (χ1n) is 3.04. The zero-order chi connectivity index (χ0) is 6.85. The Morgan fingerprint density at radius 1 is 1.89 bits per heavy atom. The second-order valence-corrected chi connectivity index (χ2v) is 3.20. The van der Waals surface area contributed by atoms with E-state index in [-0.39, 0.29) is 11.2 Å². The Kier molecular flexibility index (Phi) is 2.01. The number of ether oxygens (including phenoxy) is 1. The van der Waals surface area contributed by atoms with Crippen LogP contribution in [0.3, 0.4) is 0 Å². The van der Waals surface area contributed by atoms with E-state index in [2.05, 4.69) is 12.6 Å². The summed E-state index contributed by atoms with van der Waals surface area (Å²) in [6, 6.07) is 0. The van der Waals surface area contributed by atoms with E-state index in [4.69, 9.17) is 4.74 Å². The maximum atomic E-state index is 10.5. The smallest absolute Gasteiger partial charge is 0.306 e. The molecule has 1 aliphatic rings. The number of thiol groups is 1. The lowest BCUT2D eigenvalue weighted by molar-refractivity contribution is -0.137. The first-order valence-corrected chi connectivity index (χ1v) is 3.55. The average Bonchev–Trinajstić information content (AvgIpc) is 2.14. The molecule has 0 aromatic rings. The highest BCUT2D eigenvalue weighted by Crippen LogP contribution is 2.20. The van der Waals surface area contributed by atoms with E-state index in [0.717, 1.165) is 0 Å². The molecule has 0 radical (unpaired) electrons. The minimum Gasteiger partial charge on any atom is -0.465 e. The summed E-state index contributed by atoms with van der Waals surface area (Å²) < 4.78 is 4.74. The van der Waals surface area contributed by atoms with Gasteiger partial charge in [-0.05, 0) is 0 Å². The number of carbonyl (C=O) groups is 1. The molecule has 1 aliphatic heterocycles. The molecule has 3 heteroatoms. The van der Waals surface area contributed by atoms with Gasteiger partial charge in [-0.3, -0.25) is 4.79 Å². The molecule has 1 saturated heterocycles. The molecule has 0 amide bonds. The largest absolute Gasteiger partial charge is 0.465 e. The summed E-state index contributed by atoms with van der Waals surface area (Å²) >= 11 is 4.20. The highest BCUT2D eigenvalue weighted by molar-refractivity contribution is 7.80. The van der Waals surface area contributed by atoms with Gasteiger partial charge in [-0.25, -0.2) is 0 Å². The SMILES string of the molecule is CC(S)C1COC(=O)C1. The highest BCUT2D eigenvalue weighted by Gasteiger charge is 2.26. The molecule has 1 rings (SSSR count). The van der Waals surface area contributed by atoms with E-state index >= 15 is 0 Å². The second-order valence-electron chi connectivity index (χ2n) is 2.39. The summed E-state index contributed by atoms with van der Waals surface area (Å²) in [5, 5.41) is 0.274. The van der Waals surface area contributed by atoms with E-state index in [9.17, 15) is 4.79 Å². The number of carbonyl (C=O) groups excluding carboxylic acids is 1. The first kappa shape index (κ1) is 6.93. The molecule has 9 heavy (non-hydrogen) atoms. The minimum atomic E-state index is -0.0825. The van der Waals surface area contributed by atoms with Crippen LogP contribution in [0.25, 0.3) is 0 Å². The molecule has 2 nitrogen and oxygen atoms in total. The minimum absolute atomic E-state index is 0.0825. The molecule has 0 aromatic carbocycles. The van der Waals surface area contributed by atoms with E-state index in [0.29, 0.717) is 18.9 Å². The number of rotatable bonds is 1. The van der Waals surface area contributed by atoms with Gasteiger partial charge in [-0.1, -0.05) is 6.92 Å². The fourth-order valence-corrected chi connectivity index (χ4v) is 1.03. The predicted octanol–water partition coefficient (Wildman–Crippen LogP) is 0.868. The van der Waals surface area contributed by atoms with E-state index in [1.165, 1.54) is 0 Å². The van der Waals surface area contributed by atoms with Crippen LogP contribution in [0.5, 0.6) is 0 Å². The standard InChI is InChI=1S/C6H10O2S/c1-4(9)5-2-6(7)8-3-5/h4-5,9H,2-3H2,1H3. The fourth-order valence-electron chi connectivity index (χ4n) is 0.842. The quantitative estimate of drug-likeness (QED) is 0.439. The number of hydrogen-bond donors (Lipinski definition) is 1. The number of esters is 1. The van der Waals surface area contributed by atoms with Crippen LogP contribution in [0, 0.1) is 5.92 Å². The molecular formula is C6H10O2S. The molecule has 2 atom stereocenters. The van der Waals surface area contributed by atoms with Gasteiger partial charge < -0.3 is 4.74 Å². The predicted molar refractivity (Wildman–Crippen MR) is 37.5 cm³/mol. The lowest BCUT2D eigenvalue weighted by Gasteiger charge is -2.07. The number of hydrogen-bond acceptors (Lipinski definition) is 3. The number of cyclic esters (lactones) is 1. The summed E-state index contributed by atoms with van der Waals surface area (Å²) in [4.78, 5) is 10.5. The van der Waals surface area contributed by atoms with Crippen molar-refractivity contribution < 1.29 is 9.53 Å². The van der Waals surface area contributed by atoms with Gasteiger partial charge in [0.05, 0.1) is 13.0 Å². The van der Waals surface area contributed by atoms with Crippen molar-refractivity contribution in [3.63, 3.8) is 0 Å². The van der Waals surface area contributed by atoms with Gasteiger partial charge in [0, 0.05) is 11.2 Å². The van der Waals surface area contributed by atoms with Crippen LogP contribution in [0.4, 0.5) is 0 Å². The second kappa shape index (κ2) is 2.60. The topological polar surface area (TPSA) is 26.3 Å². The van der Waals surface area contributed by atoms with E-state index in [1.54, 1.807) is 0 Å². The third-order valence-corrected chi connectivity index (χ3v) is 1.99. The molecule has 0 bridgehead atoms. The monoisotopic (exact) mass is 146 g/mol. The van der Waals surface area contributed by atoms with Crippen LogP contribution in [0.2, 0.25) is 0 Å². The Morgan fingerprint density at radius 3 is 2.78 bits per heavy atom. The molecule has 0 aliphatic carbocycles. The van der Waals surface area contributed by atoms with Gasteiger partial charge in [0.2, 0.25) is 0 Å². The Bertz CT molecular complexity index is 122. The van der Waals surface area contributed by atoms with Crippen molar-refractivity contribution in [1.29, 1.82) is 0 Å². The van der Waals surface area contributed by atoms with Crippen molar-refractivity contribution in [3.05, 3.63) is 0 Å². The summed E-state index contributed by atoms with van der Waals surface area (Å²) in [5.41, 5.74) is 0. The Labute approximate surface area is 60.0 Å². The lowest BCUT2D eigenvalue weighted by Crippen LogP contribution is -2.10. The maximum absolute atomic E-state index is 10.5. The molecule has 0 aromatic heterocycles. The van der Waals surface area contributed by atoms with Crippen LogP contribution < -0.4 is 0 Å². The summed E-state index contributed by atoms with van der Waals surface area (Å²) in [5.74, 6) is 0.252. The van der Waals surface area contributed by atoms with Crippen molar-refractivity contribution >= 4 is 18.6 Å². The van der Waals surface area contributed by atoms with Crippen molar-refractivity contribution in [2.45, 2.75) is 18.6 Å². The molecule has 0 spiro atoms. The van der Waals surface area contributed by atoms with Gasteiger partial charge in [0.25, 0.3) is 0 Å². The summed E-state index contributed by atoms with van der Waals surface area (Å²) in [6.45, 7) is 2.54. The third-order valence-electron chi connectivity index (χ3n) is 1.57. The van der Waals surface area contributed by atoms with Crippen molar-refractivity contribution in [2.75, 3.05) is 6.61 Å². The summed E-state index contributed by atoms with van der Waals surface area (Å²) in [6.07, 6.45) is 0.546.